The van der Waals surface area contributed by atoms with E-state index in [1.165, 1.54) is 7.11 Å². The molecule has 0 aliphatic heterocycles. The van der Waals surface area contributed by atoms with E-state index in [-0.39, 0.29) is 5.97 Å². The minimum absolute atomic E-state index is 0.327. The zero-order valence-electron chi connectivity index (χ0n) is 10.3. The number of rotatable bonds is 3. The third kappa shape index (κ3) is 2.41. The van der Waals surface area contributed by atoms with E-state index in [1.807, 2.05) is 29.8 Å². The average Bonchev–Trinajstić information content (AvgIpc) is 2.83. The van der Waals surface area contributed by atoms with Crippen molar-refractivity contribution in [3.05, 3.63) is 47.2 Å². The average molecular weight is 264 g/mol. The van der Waals surface area contributed by atoms with Crippen molar-refractivity contribution in [3.63, 3.8) is 0 Å². The van der Waals surface area contributed by atoms with Gasteiger partial charge in [0, 0.05) is 29.5 Å². The van der Waals surface area contributed by atoms with Crippen LogP contribution in [0.5, 0.6) is 0 Å². The number of hydrogen-bond donors (Lipinski definition) is 0. The molecule has 0 saturated carbocycles. The lowest BCUT2D eigenvalue weighted by atomic mass is 10.1. The first kappa shape index (κ1) is 12.7. The van der Waals surface area contributed by atoms with Gasteiger partial charge in [0.2, 0.25) is 0 Å². The Morgan fingerprint density at radius 3 is 2.50 bits per heavy atom. The minimum Gasteiger partial charge on any atom is -0.465 e. The summed E-state index contributed by atoms with van der Waals surface area (Å²) >= 11 is 5.86. The van der Waals surface area contributed by atoms with Crippen LogP contribution >= 0.6 is 11.6 Å². The van der Waals surface area contributed by atoms with Crippen LogP contribution in [0.25, 0.3) is 11.1 Å². The Labute approximate surface area is 111 Å². The van der Waals surface area contributed by atoms with Gasteiger partial charge in [0.25, 0.3) is 0 Å². The quantitative estimate of drug-likeness (QED) is 0.792. The lowest BCUT2D eigenvalue weighted by Crippen LogP contribution is -2.01. The van der Waals surface area contributed by atoms with Crippen LogP contribution in [0.1, 0.15) is 17.3 Å². The molecule has 0 bridgehead atoms. The second kappa shape index (κ2) is 5.27. The van der Waals surface area contributed by atoms with Gasteiger partial charge >= 0.3 is 5.97 Å². The van der Waals surface area contributed by atoms with E-state index >= 15 is 0 Å². The van der Waals surface area contributed by atoms with Crippen LogP contribution in [0.2, 0.25) is 5.02 Å². The fraction of sp³-hybridized carbons (Fsp3) is 0.214. The third-order valence-corrected chi connectivity index (χ3v) is 3.06. The molecule has 4 heteroatoms. The number of hydrogen-bond acceptors (Lipinski definition) is 2. The highest BCUT2D eigenvalue weighted by molar-refractivity contribution is 6.30. The molecule has 0 atom stereocenters. The van der Waals surface area contributed by atoms with E-state index in [9.17, 15) is 4.79 Å². The Morgan fingerprint density at radius 2 is 1.94 bits per heavy atom. The molecular weight excluding hydrogens is 250 g/mol. The van der Waals surface area contributed by atoms with E-state index in [2.05, 4.69) is 0 Å². The Kier molecular flexibility index (Phi) is 3.72. The lowest BCUT2D eigenvalue weighted by molar-refractivity contribution is 0.0601. The third-order valence-electron chi connectivity index (χ3n) is 2.81. The van der Waals surface area contributed by atoms with Crippen LogP contribution in [-0.4, -0.2) is 17.6 Å². The summed E-state index contributed by atoms with van der Waals surface area (Å²) in [6.45, 7) is 2.82. The van der Waals surface area contributed by atoms with E-state index in [0.717, 1.165) is 17.7 Å². The molecule has 1 aromatic carbocycles. The molecule has 1 aromatic heterocycles. The molecule has 0 amide bonds. The van der Waals surface area contributed by atoms with Crippen LogP contribution in [0.4, 0.5) is 0 Å². The van der Waals surface area contributed by atoms with Gasteiger partial charge in [-0.15, -0.1) is 0 Å². The number of carbonyl (C=O) groups excluding carboxylic acids is 1. The van der Waals surface area contributed by atoms with Crippen molar-refractivity contribution in [1.29, 1.82) is 0 Å². The van der Waals surface area contributed by atoms with Gasteiger partial charge in [0.15, 0.2) is 0 Å². The summed E-state index contributed by atoms with van der Waals surface area (Å²) in [5.41, 5.74) is 2.38. The fourth-order valence-corrected chi connectivity index (χ4v) is 1.95. The van der Waals surface area contributed by atoms with E-state index < -0.39 is 0 Å². The molecule has 94 valence electrons. The van der Waals surface area contributed by atoms with Crippen molar-refractivity contribution in [2.24, 2.45) is 0 Å². The van der Waals surface area contributed by atoms with Gasteiger partial charge < -0.3 is 9.30 Å². The predicted molar refractivity (Wildman–Crippen MR) is 71.9 cm³/mol. The summed E-state index contributed by atoms with van der Waals surface area (Å²) in [5, 5.41) is 0.674. The van der Waals surface area contributed by atoms with Gasteiger partial charge in [-0.3, -0.25) is 0 Å². The van der Waals surface area contributed by atoms with Gasteiger partial charge in [-0.2, -0.15) is 0 Å². The first-order valence-electron chi connectivity index (χ1n) is 5.69. The monoisotopic (exact) mass is 263 g/mol. The molecule has 0 N–H and O–H groups in total. The summed E-state index contributed by atoms with van der Waals surface area (Å²) in [6, 6.07) is 7.40. The molecule has 3 nitrogen and oxygen atoms in total. The molecule has 18 heavy (non-hydrogen) atoms. The first-order chi connectivity index (χ1) is 8.65. The zero-order chi connectivity index (χ0) is 13.1. The number of halogens is 1. The zero-order valence-corrected chi connectivity index (χ0v) is 11.1. The standard InChI is InChI=1S/C14H14ClNO2/c1-3-16-8-12(13(9-16)14(17)18-2)10-4-6-11(15)7-5-10/h4-9H,3H2,1-2H3. The topological polar surface area (TPSA) is 31.2 Å². The molecule has 2 aromatic rings. The number of aryl methyl sites for hydroxylation is 1. The van der Waals surface area contributed by atoms with Crippen molar-refractivity contribution in [2.75, 3.05) is 7.11 Å². The number of carbonyl (C=O) groups is 1. The normalized spacial score (nSPS) is 10.4. The predicted octanol–water partition coefficient (Wildman–Crippen LogP) is 3.62. The molecule has 0 radical (unpaired) electrons. The second-order valence-corrected chi connectivity index (χ2v) is 4.35. The van der Waals surface area contributed by atoms with Crippen LogP contribution in [0, 0.1) is 0 Å². The largest absolute Gasteiger partial charge is 0.465 e. The lowest BCUT2D eigenvalue weighted by Gasteiger charge is -2.02. The molecule has 0 unspecified atom stereocenters. The number of benzene rings is 1. The number of esters is 1. The van der Waals surface area contributed by atoms with Crippen LogP contribution in [0.3, 0.4) is 0 Å². The summed E-state index contributed by atoms with van der Waals surface area (Å²) in [4.78, 5) is 11.7. The Morgan fingerprint density at radius 1 is 1.28 bits per heavy atom. The van der Waals surface area contributed by atoms with Gasteiger partial charge in [0.05, 0.1) is 12.7 Å². The number of aromatic nitrogens is 1. The maximum Gasteiger partial charge on any atom is 0.340 e. The minimum atomic E-state index is -0.327. The fourth-order valence-electron chi connectivity index (χ4n) is 1.82. The number of nitrogens with zero attached hydrogens (tertiary/aromatic N) is 1. The summed E-state index contributed by atoms with van der Waals surface area (Å²) < 4.78 is 6.76. The summed E-state index contributed by atoms with van der Waals surface area (Å²) in [7, 11) is 1.39. The van der Waals surface area contributed by atoms with Crippen LogP contribution in [-0.2, 0) is 11.3 Å². The molecule has 0 aliphatic carbocycles. The molecular formula is C14H14ClNO2. The van der Waals surface area contributed by atoms with Crippen LogP contribution < -0.4 is 0 Å². The second-order valence-electron chi connectivity index (χ2n) is 3.91. The Bertz CT molecular complexity index is 558. The number of methoxy groups -OCH3 is 1. The van der Waals surface area contributed by atoms with Crippen molar-refractivity contribution in [1.82, 2.24) is 4.57 Å². The van der Waals surface area contributed by atoms with E-state index in [1.54, 1.807) is 18.3 Å². The molecule has 1 heterocycles. The molecule has 0 saturated heterocycles. The van der Waals surface area contributed by atoms with Crippen molar-refractivity contribution in [3.8, 4) is 11.1 Å². The first-order valence-corrected chi connectivity index (χ1v) is 6.07. The highest BCUT2D eigenvalue weighted by Gasteiger charge is 2.15. The highest BCUT2D eigenvalue weighted by Crippen LogP contribution is 2.26. The molecule has 0 spiro atoms. The molecule has 0 aliphatic rings. The van der Waals surface area contributed by atoms with Gasteiger partial charge in [-0.05, 0) is 24.6 Å². The number of ether oxygens (including phenoxy) is 1. The van der Waals surface area contributed by atoms with Crippen molar-refractivity contribution in [2.45, 2.75) is 13.5 Å². The van der Waals surface area contributed by atoms with Crippen molar-refractivity contribution >= 4 is 17.6 Å². The molecule has 0 fully saturated rings. The Balaban J connectivity index is 2.51. The Hall–Kier alpha value is -1.74. The maximum absolute atomic E-state index is 11.7. The highest BCUT2D eigenvalue weighted by atomic mass is 35.5. The molecule has 2 rings (SSSR count). The van der Waals surface area contributed by atoms with E-state index in [0.29, 0.717) is 10.6 Å². The SMILES string of the molecule is CCn1cc(C(=O)OC)c(-c2ccc(Cl)cc2)c1. The van der Waals surface area contributed by atoms with Gasteiger partial charge in [-0.1, -0.05) is 23.7 Å². The van der Waals surface area contributed by atoms with Gasteiger partial charge in [0.1, 0.15) is 0 Å². The van der Waals surface area contributed by atoms with E-state index in [4.69, 9.17) is 16.3 Å². The smallest absolute Gasteiger partial charge is 0.340 e. The summed E-state index contributed by atoms with van der Waals surface area (Å²) in [6.07, 6.45) is 3.74. The summed E-state index contributed by atoms with van der Waals surface area (Å²) in [5.74, 6) is -0.327. The maximum atomic E-state index is 11.7. The van der Waals surface area contributed by atoms with Crippen LogP contribution in [0.15, 0.2) is 36.7 Å². The van der Waals surface area contributed by atoms with Gasteiger partial charge in [-0.25, -0.2) is 4.79 Å². The van der Waals surface area contributed by atoms with Crippen molar-refractivity contribution < 1.29 is 9.53 Å².